The van der Waals surface area contributed by atoms with Crippen molar-refractivity contribution in [3.63, 3.8) is 0 Å². The van der Waals surface area contributed by atoms with Crippen LogP contribution in [0.25, 0.3) is 5.57 Å². The largest absolute Gasteiger partial charge is 0.355 e. The molecule has 1 aromatic rings. The fraction of sp³-hybridized carbons (Fsp3) is 0.182. The minimum Gasteiger partial charge on any atom is -0.355 e. The van der Waals surface area contributed by atoms with Gasteiger partial charge in [-0.05, 0) is 12.5 Å². The predicted molar refractivity (Wildman–Crippen MR) is 56.3 cm³/mol. The average Bonchev–Trinajstić information content (AvgIpc) is 2.20. The van der Waals surface area contributed by atoms with Gasteiger partial charge in [-0.2, -0.15) is 0 Å². The Kier molecular flexibility index (Phi) is 3.26. The Morgan fingerprint density at radius 3 is 2.46 bits per heavy atom. The van der Waals surface area contributed by atoms with Gasteiger partial charge in [-0.3, -0.25) is 4.79 Å². The minimum absolute atomic E-state index is 0. The summed E-state index contributed by atoms with van der Waals surface area (Å²) < 4.78 is 0. The number of likely N-dealkylation sites (N-methyl/N-ethyl adjacent to an activating group) is 1. The molecule has 0 radical (unpaired) electrons. The van der Waals surface area contributed by atoms with Gasteiger partial charge in [-0.1, -0.05) is 36.4 Å². The first-order valence-corrected chi connectivity index (χ1v) is 4.23. The fourth-order valence-corrected chi connectivity index (χ4v) is 1.18. The van der Waals surface area contributed by atoms with Gasteiger partial charge in [0.25, 0.3) is 5.91 Å². The van der Waals surface area contributed by atoms with Crippen molar-refractivity contribution >= 4 is 11.5 Å². The SMILES string of the molecule is C/C=C(\C(=O)NC)c1ccccc1.[HH]. The van der Waals surface area contributed by atoms with Gasteiger partial charge in [-0.25, -0.2) is 0 Å². The monoisotopic (exact) mass is 177 g/mol. The highest BCUT2D eigenvalue weighted by atomic mass is 16.1. The van der Waals surface area contributed by atoms with Gasteiger partial charge < -0.3 is 5.32 Å². The van der Waals surface area contributed by atoms with Crippen LogP contribution in [0, 0.1) is 0 Å². The van der Waals surface area contributed by atoms with Crippen LogP contribution in [0.1, 0.15) is 13.9 Å². The lowest BCUT2D eigenvalue weighted by atomic mass is 10.1. The van der Waals surface area contributed by atoms with E-state index in [0.29, 0.717) is 5.57 Å². The van der Waals surface area contributed by atoms with Crippen molar-refractivity contribution in [3.8, 4) is 0 Å². The first kappa shape index (κ1) is 9.52. The van der Waals surface area contributed by atoms with Crippen molar-refractivity contribution in [3.05, 3.63) is 42.0 Å². The molecule has 0 bridgehead atoms. The highest BCUT2D eigenvalue weighted by Crippen LogP contribution is 2.13. The lowest BCUT2D eigenvalue weighted by Gasteiger charge is -2.04. The van der Waals surface area contributed by atoms with Crippen molar-refractivity contribution in [2.24, 2.45) is 0 Å². The zero-order valence-electron chi connectivity index (χ0n) is 7.87. The Morgan fingerprint density at radius 1 is 1.38 bits per heavy atom. The molecule has 1 aromatic carbocycles. The Labute approximate surface area is 79.8 Å². The summed E-state index contributed by atoms with van der Waals surface area (Å²) in [5.41, 5.74) is 1.66. The summed E-state index contributed by atoms with van der Waals surface area (Å²) >= 11 is 0. The lowest BCUT2D eigenvalue weighted by molar-refractivity contribution is -0.115. The molecule has 0 saturated heterocycles. The van der Waals surface area contributed by atoms with Crippen LogP contribution in [0.5, 0.6) is 0 Å². The molecule has 0 heterocycles. The summed E-state index contributed by atoms with van der Waals surface area (Å²) in [6.07, 6.45) is 1.81. The molecule has 13 heavy (non-hydrogen) atoms. The van der Waals surface area contributed by atoms with Gasteiger partial charge in [0.15, 0.2) is 0 Å². The highest BCUT2D eigenvalue weighted by molar-refractivity contribution is 6.19. The second-order valence-corrected chi connectivity index (χ2v) is 2.65. The molecule has 0 aliphatic heterocycles. The molecule has 0 fully saturated rings. The molecule has 0 aliphatic carbocycles. The third kappa shape index (κ3) is 2.18. The summed E-state index contributed by atoms with van der Waals surface area (Å²) in [4.78, 5) is 11.4. The Hall–Kier alpha value is -1.57. The van der Waals surface area contributed by atoms with Crippen molar-refractivity contribution in [1.29, 1.82) is 0 Å². The second kappa shape index (κ2) is 4.45. The molecule has 0 spiro atoms. The van der Waals surface area contributed by atoms with Gasteiger partial charge in [0, 0.05) is 14.0 Å². The number of amides is 1. The summed E-state index contributed by atoms with van der Waals surface area (Å²) in [5.74, 6) is -0.0475. The van der Waals surface area contributed by atoms with E-state index in [0.717, 1.165) is 5.56 Å². The molecule has 70 valence electrons. The van der Waals surface area contributed by atoms with Crippen molar-refractivity contribution in [2.75, 3.05) is 7.05 Å². The molecular weight excluding hydrogens is 162 g/mol. The van der Waals surface area contributed by atoms with Gasteiger partial charge in [0.05, 0.1) is 0 Å². The smallest absolute Gasteiger partial charge is 0.251 e. The molecule has 0 atom stereocenters. The predicted octanol–water partition coefficient (Wildman–Crippen LogP) is 2.08. The maximum absolute atomic E-state index is 11.4. The van der Waals surface area contributed by atoms with Crippen LogP contribution in [-0.4, -0.2) is 13.0 Å². The molecule has 1 N–H and O–H groups in total. The molecule has 0 unspecified atom stereocenters. The molecule has 2 nitrogen and oxygen atoms in total. The number of benzene rings is 1. The van der Waals surface area contributed by atoms with Gasteiger partial charge in [0.1, 0.15) is 0 Å². The number of hydrogen-bond acceptors (Lipinski definition) is 1. The topological polar surface area (TPSA) is 29.1 Å². The van der Waals surface area contributed by atoms with Crippen molar-refractivity contribution < 1.29 is 6.22 Å². The second-order valence-electron chi connectivity index (χ2n) is 2.65. The minimum atomic E-state index is -0.0475. The molecular formula is C11H15NO. The zero-order chi connectivity index (χ0) is 9.68. The molecule has 0 aliphatic rings. The Balaban J connectivity index is 0.00000169. The Morgan fingerprint density at radius 2 is 2.00 bits per heavy atom. The van der Waals surface area contributed by atoms with Crippen molar-refractivity contribution in [1.82, 2.24) is 5.32 Å². The summed E-state index contributed by atoms with van der Waals surface area (Å²) in [6.45, 7) is 1.86. The lowest BCUT2D eigenvalue weighted by Crippen LogP contribution is -2.18. The van der Waals surface area contributed by atoms with Crippen molar-refractivity contribution in [2.45, 2.75) is 6.92 Å². The fourth-order valence-electron chi connectivity index (χ4n) is 1.18. The van der Waals surface area contributed by atoms with E-state index in [-0.39, 0.29) is 7.33 Å². The van der Waals surface area contributed by atoms with E-state index in [9.17, 15) is 4.79 Å². The van der Waals surface area contributed by atoms with E-state index >= 15 is 0 Å². The number of hydrogen-bond donors (Lipinski definition) is 1. The third-order valence-electron chi connectivity index (χ3n) is 1.85. The number of rotatable bonds is 2. The maximum Gasteiger partial charge on any atom is 0.251 e. The molecule has 1 amide bonds. The van der Waals surface area contributed by atoms with E-state index in [4.69, 9.17) is 0 Å². The Bertz CT molecular complexity index is 319. The standard InChI is InChI=1S/C11H13NO.H2/c1-3-10(11(13)12-2)9-7-5-4-6-8-9;/h3-8H,1-2H3,(H,12,13);1H/b10-3-;. The summed E-state index contributed by atoms with van der Waals surface area (Å²) in [5, 5.41) is 2.61. The van der Waals surface area contributed by atoms with Gasteiger partial charge >= 0.3 is 0 Å². The number of carbonyl (C=O) groups is 1. The summed E-state index contributed by atoms with van der Waals surface area (Å²) in [7, 11) is 1.63. The molecule has 0 aromatic heterocycles. The van der Waals surface area contributed by atoms with Crippen LogP contribution < -0.4 is 5.32 Å². The van der Waals surface area contributed by atoms with E-state index in [2.05, 4.69) is 5.32 Å². The molecule has 2 heteroatoms. The summed E-state index contributed by atoms with van der Waals surface area (Å²) in [6, 6.07) is 9.61. The maximum atomic E-state index is 11.4. The van der Waals surface area contributed by atoms with Gasteiger partial charge in [-0.15, -0.1) is 0 Å². The van der Waals surface area contributed by atoms with Crippen LogP contribution in [0.2, 0.25) is 0 Å². The van der Waals surface area contributed by atoms with Crippen LogP contribution in [0.15, 0.2) is 36.4 Å². The van der Waals surface area contributed by atoms with E-state index in [1.54, 1.807) is 7.05 Å². The normalized spacial score (nSPS) is 11.1. The highest BCUT2D eigenvalue weighted by Gasteiger charge is 2.07. The van der Waals surface area contributed by atoms with E-state index < -0.39 is 0 Å². The zero-order valence-corrected chi connectivity index (χ0v) is 7.87. The first-order chi connectivity index (χ1) is 6.29. The van der Waals surface area contributed by atoms with Crippen LogP contribution in [0.3, 0.4) is 0 Å². The van der Waals surface area contributed by atoms with Gasteiger partial charge in [0.2, 0.25) is 0 Å². The van der Waals surface area contributed by atoms with Crippen LogP contribution in [-0.2, 0) is 4.79 Å². The van der Waals surface area contributed by atoms with Crippen LogP contribution in [0.4, 0.5) is 0 Å². The average molecular weight is 177 g/mol. The van der Waals surface area contributed by atoms with Crippen LogP contribution >= 0.6 is 0 Å². The number of carbonyl (C=O) groups excluding carboxylic acids is 1. The van der Waals surface area contributed by atoms with E-state index in [1.165, 1.54) is 0 Å². The molecule has 1 rings (SSSR count). The molecule has 0 saturated carbocycles. The number of allylic oxidation sites excluding steroid dienone is 1. The quantitative estimate of drug-likeness (QED) is 0.688. The third-order valence-corrected chi connectivity index (χ3v) is 1.85. The number of nitrogens with one attached hydrogen (secondary N) is 1. The first-order valence-electron chi connectivity index (χ1n) is 4.23. The van der Waals surface area contributed by atoms with E-state index in [1.807, 2.05) is 43.3 Å².